The zero-order valence-corrected chi connectivity index (χ0v) is 10.4. The summed E-state index contributed by atoms with van der Waals surface area (Å²) >= 11 is 0. The van der Waals surface area contributed by atoms with Gasteiger partial charge in [0.2, 0.25) is 0 Å². The molecule has 0 radical (unpaired) electrons. The van der Waals surface area contributed by atoms with Gasteiger partial charge in [-0.05, 0) is 6.92 Å². The van der Waals surface area contributed by atoms with Crippen LogP contribution in [0, 0.1) is 6.92 Å². The van der Waals surface area contributed by atoms with E-state index in [-0.39, 0.29) is 16.6 Å². The average molecular weight is 236 g/mol. The number of aromatic hydroxyl groups is 1. The molecule has 0 fully saturated rings. The lowest BCUT2D eigenvalue weighted by Crippen LogP contribution is -2.00. The Bertz CT molecular complexity index is 569. The zero-order chi connectivity index (χ0) is 13.0. The first-order valence-electron chi connectivity index (χ1n) is 5.43. The molecule has 1 aromatic heterocycles. The number of benzene rings is 1. The molecule has 2 aromatic rings. The number of aryl methyl sites for hydroxylation is 1. The van der Waals surface area contributed by atoms with Gasteiger partial charge in [-0.1, -0.05) is 13.8 Å². The van der Waals surface area contributed by atoms with Gasteiger partial charge in [-0.15, -0.1) is 0 Å². The molecule has 0 bridgehead atoms. The van der Waals surface area contributed by atoms with Gasteiger partial charge >= 0.3 is 0 Å². The van der Waals surface area contributed by atoms with Gasteiger partial charge in [0.1, 0.15) is 28.2 Å². The van der Waals surface area contributed by atoms with E-state index in [4.69, 9.17) is 9.15 Å². The summed E-state index contributed by atoms with van der Waals surface area (Å²) < 4.78 is 10.3. The van der Waals surface area contributed by atoms with Crippen molar-refractivity contribution in [2.24, 2.45) is 0 Å². The van der Waals surface area contributed by atoms with Gasteiger partial charge in [0, 0.05) is 18.2 Å². The lowest BCUT2D eigenvalue weighted by molar-refractivity contribution is 0.407. The van der Waals surface area contributed by atoms with E-state index in [1.54, 1.807) is 13.0 Å². The summed E-state index contributed by atoms with van der Waals surface area (Å²) in [6.07, 6.45) is 0. The molecule has 1 N–H and O–H groups in total. The first-order valence-corrected chi connectivity index (χ1v) is 5.43. The molecule has 0 aliphatic rings. The van der Waals surface area contributed by atoms with E-state index in [0.29, 0.717) is 17.1 Å². The Labute approximate surface area is 99.5 Å². The van der Waals surface area contributed by atoms with E-state index < -0.39 is 0 Å². The monoisotopic (exact) mass is 236 g/mol. The topological polar surface area (TPSA) is 59.7 Å². The maximum atomic E-state index is 11.6. The van der Waals surface area contributed by atoms with Crippen LogP contribution in [0.4, 0.5) is 0 Å². The summed E-state index contributed by atoms with van der Waals surface area (Å²) in [5, 5.41) is 9.80. The summed E-state index contributed by atoms with van der Waals surface area (Å²) in [4.78, 5) is 11.6. The third-order valence-electron chi connectivity index (χ3n) is 2.14. The fourth-order valence-electron chi connectivity index (χ4n) is 1.48. The summed E-state index contributed by atoms with van der Waals surface area (Å²) in [6, 6.07) is 4.30. The van der Waals surface area contributed by atoms with Crippen LogP contribution in [0.1, 0.15) is 19.6 Å². The molecule has 2 rings (SSSR count). The van der Waals surface area contributed by atoms with Crippen LogP contribution >= 0.6 is 0 Å². The van der Waals surface area contributed by atoms with Gasteiger partial charge in [0.05, 0.1) is 7.11 Å². The molecule has 0 saturated carbocycles. The lowest BCUT2D eigenvalue weighted by Gasteiger charge is -2.04. The number of phenolic OH excluding ortho intramolecular Hbond substituents is 1. The average Bonchev–Trinajstić information content (AvgIpc) is 2.29. The van der Waals surface area contributed by atoms with Crippen molar-refractivity contribution in [3.63, 3.8) is 0 Å². The first kappa shape index (κ1) is 13.1. The van der Waals surface area contributed by atoms with Crippen molar-refractivity contribution in [3.8, 4) is 11.5 Å². The second kappa shape index (κ2) is 5.39. The minimum atomic E-state index is -0.256. The molecule has 1 heterocycles. The van der Waals surface area contributed by atoms with E-state index in [1.807, 2.05) is 13.8 Å². The van der Waals surface area contributed by atoms with Crippen molar-refractivity contribution >= 4 is 11.0 Å². The van der Waals surface area contributed by atoms with E-state index >= 15 is 0 Å². The molecule has 0 aliphatic carbocycles. The van der Waals surface area contributed by atoms with Crippen LogP contribution in [0.15, 0.2) is 27.4 Å². The second-order valence-electron chi connectivity index (χ2n) is 3.24. The number of hydrogen-bond donors (Lipinski definition) is 1. The Morgan fingerprint density at radius 2 is 1.88 bits per heavy atom. The molecule has 1 aromatic carbocycles. The fraction of sp³-hybridized carbons (Fsp3) is 0.308. The van der Waals surface area contributed by atoms with Gasteiger partial charge in [-0.2, -0.15) is 0 Å². The molecule has 4 heteroatoms. The second-order valence-corrected chi connectivity index (χ2v) is 3.24. The Balaban J connectivity index is 0.000000686. The highest BCUT2D eigenvalue weighted by Gasteiger charge is 2.09. The molecule has 0 unspecified atom stereocenters. The van der Waals surface area contributed by atoms with Crippen molar-refractivity contribution in [1.82, 2.24) is 0 Å². The van der Waals surface area contributed by atoms with E-state index in [9.17, 15) is 9.90 Å². The Hall–Kier alpha value is -1.97. The largest absolute Gasteiger partial charge is 0.507 e. The molecular formula is C13H16O4. The Kier molecular flexibility index (Phi) is 4.15. The van der Waals surface area contributed by atoms with Crippen molar-refractivity contribution < 1.29 is 14.3 Å². The van der Waals surface area contributed by atoms with E-state index in [0.717, 1.165) is 0 Å². The highest BCUT2D eigenvalue weighted by atomic mass is 16.5. The van der Waals surface area contributed by atoms with Gasteiger partial charge in [-0.3, -0.25) is 4.79 Å². The maximum Gasteiger partial charge on any atom is 0.196 e. The molecule has 0 atom stereocenters. The quantitative estimate of drug-likeness (QED) is 0.827. The number of hydrogen-bond acceptors (Lipinski definition) is 4. The highest BCUT2D eigenvalue weighted by molar-refractivity contribution is 5.84. The van der Waals surface area contributed by atoms with Gasteiger partial charge in [0.15, 0.2) is 5.43 Å². The number of fused-ring (bicyclic) bond motifs is 1. The molecule has 0 saturated heterocycles. The third kappa shape index (κ3) is 2.58. The van der Waals surface area contributed by atoms with Gasteiger partial charge < -0.3 is 14.3 Å². The van der Waals surface area contributed by atoms with Crippen LogP contribution in [0.5, 0.6) is 11.5 Å². The highest BCUT2D eigenvalue weighted by Crippen LogP contribution is 2.28. The summed E-state index contributed by atoms with van der Waals surface area (Å²) in [5.74, 6) is 0.826. The molecule has 92 valence electrons. The molecular weight excluding hydrogens is 220 g/mol. The minimum absolute atomic E-state index is 0.127. The van der Waals surface area contributed by atoms with E-state index in [2.05, 4.69) is 0 Å². The lowest BCUT2D eigenvalue weighted by atomic mass is 10.2. The van der Waals surface area contributed by atoms with E-state index in [1.165, 1.54) is 19.2 Å². The predicted octanol–water partition coefficient (Wildman–Crippen LogP) is 2.84. The smallest absolute Gasteiger partial charge is 0.196 e. The standard InChI is InChI=1S/C11H10O4.C2H6/c1-6-3-8(12)11-9(13)4-7(14-2)5-10(11)15-6;1-2/h3-5,13H,1-2H3;1-2H3. The third-order valence-corrected chi connectivity index (χ3v) is 2.14. The van der Waals surface area contributed by atoms with Crippen LogP contribution in [-0.4, -0.2) is 12.2 Å². The predicted molar refractivity (Wildman–Crippen MR) is 66.8 cm³/mol. The van der Waals surface area contributed by atoms with Crippen molar-refractivity contribution in [2.75, 3.05) is 7.11 Å². The molecule has 17 heavy (non-hydrogen) atoms. The van der Waals surface area contributed by atoms with Crippen LogP contribution in [-0.2, 0) is 0 Å². The summed E-state index contributed by atoms with van der Waals surface area (Å²) in [7, 11) is 1.48. The van der Waals surface area contributed by atoms with Gasteiger partial charge in [-0.25, -0.2) is 0 Å². The fourth-order valence-corrected chi connectivity index (χ4v) is 1.48. The normalized spacial score (nSPS) is 9.65. The summed E-state index contributed by atoms with van der Waals surface area (Å²) in [5.41, 5.74) is 0.0748. The number of ether oxygens (including phenoxy) is 1. The van der Waals surface area contributed by atoms with Crippen LogP contribution in [0.2, 0.25) is 0 Å². The number of rotatable bonds is 1. The van der Waals surface area contributed by atoms with Crippen molar-refractivity contribution in [2.45, 2.75) is 20.8 Å². The number of methoxy groups -OCH3 is 1. The Morgan fingerprint density at radius 3 is 2.47 bits per heavy atom. The van der Waals surface area contributed by atoms with Crippen LogP contribution in [0.3, 0.4) is 0 Å². The maximum absolute atomic E-state index is 11.6. The molecule has 4 nitrogen and oxygen atoms in total. The minimum Gasteiger partial charge on any atom is -0.507 e. The van der Waals surface area contributed by atoms with Crippen molar-refractivity contribution in [1.29, 1.82) is 0 Å². The number of phenols is 1. The van der Waals surface area contributed by atoms with Crippen molar-refractivity contribution in [3.05, 3.63) is 34.2 Å². The zero-order valence-electron chi connectivity index (χ0n) is 10.4. The van der Waals surface area contributed by atoms with Crippen LogP contribution < -0.4 is 10.2 Å². The molecule has 0 amide bonds. The van der Waals surface area contributed by atoms with Gasteiger partial charge in [0.25, 0.3) is 0 Å². The molecule has 0 spiro atoms. The SMILES string of the molecule is CC.COc1cc(O)c2c(=O)cc(C)oc2c1. The molecule has 0 aliphatic heterocycles. The Morgan fingerprint density at radius 1 is 1.24 bits per heavy atom. The first-order chi connectivity index (χ1) is 8.11. The summed E-state index contributed by atoms with van der Waals surface area (Å²) in [6.45, 7) is 5.68. The van der Waals surface area contributed by atoms with Crippen LogP contribution in [0.25, 0.3) is 11.0 Å².